The molecule has 2 aromatic carbocycles. The van der Waals surface area contributed by atoms with E-state index in [2.05, 4.69) is 31.9 Å². The number of nitriles is 1. The number of halogens is 11. The van der Waals surface area contributed by atoms with Crippen LogP contribution in [-0.4, -0.2) is 18.3 Å². The highest BCUT2D eigenvalue weighted by Crippen LogP contribution is 2.60. The fourth-order valence-electron chi connectivity index (χ4n) is 2.58. The molecule has 1 unspecified atom stereocenters. The molecule has 0 saturated heterocycles. The summed E-state index contributed by atoms with van der Waals surface area (Å²) in [5.41, 5.74) is -9.51. The maximum Gasteiger partial charge on any atom is 0.457 e. The SMILES string of the molecule is N#Cc1cccc(-c2c(Br)cc(Br)cc2C(F)(C(F)(F)F)C(F)(F)C(F)(F)F)c1. The van der Waals surface area contributed by atoms with Crippen LogP contribution in [0, 0.1) is 11.3 Å². The average molecular weight is 555 g/mol. The molecule has 0 amide bonds. The Morgan fingerprint density at radius 3 is 1.86 bits per heavy atom. The van der Waals surface area contributed by atoms with Gasteiger partial charge in [0.25, 0.3) is 0 Å². The zero-order valence-electron chi connectivity index (χ0n) is 13.6. The zero-order chi connectivity index (χ0) is 22.4. The van der Waals surface area contributed by atoms with Crippen LogP contribution in [0.4, 0.5) is 39.5 Å². The van der Waals surface area contributed by atoms with Crippen molar-refractivity contribution < 1.29 is 39.5 Å². The number of benzene rings is 2. The fraction of sp³-hybridized carbons (Fsp3) is 0.235. The van der Waals surface area contributed by atoms with Crippen LogP contribution in [0.1, 0.15) is 11.1 Å². The lowest BCUT2D eigenvalue weighted by Gasteiger charge is -2.37. The molecule has 156 valence electrons. The molecule has 0 radical (unpaired) electrons. The van der Waals surface area contributed by atoms with Crippen LogP contribution in [-0.2, 0) is 5.67 Å². The van der Waals surface area contributed by atoms with E-state index >= 15 is 4.39 Å². The molecule has 0 spiro atoms. The Bertz CT molecular complexity index is 976. The summed E-state index contributed by atoms with van der Waals surface area (Å²) in [4.78, 5) is 0. The summed E-state index contributed by atoms with van der Waals surface area (Å²) in [7, 11) is 0. The maximum atomic E-state index is 15.1. The van der Waals surface area contributed by atoms with E-state index in [-0.39, 0.29) is 21.7 Å². The van der Waals surface area contributed by atoms with Crippen molar-refractivity contribution in [3.8, 4) is 17.2 Å². The second kappa shape index (κ2) is 7.50. The van der Waals surface area contributed by atoms with E-state index in [0.29, 0.717) is 0 Å². The molecule has 1 atom stereocenters. The van der Waals surface area contributed by atoms with Crippen molar-refractivity contribution in [2.24, 2.45) is 0 Å². The second-order valence-corrected chi connectivity index (χ2v) is 7.50. The molecule has 12 heteroatoms. The molecular formula is C17H6Br2F9N. The molecule has 0 saturated carbocycles. The van der Waals surface area contributed by atoms with Gasteiger partial charge in [0.2, 0.25) is 0 Å². The van der Waals surface area contributed by atoms with E-state index in [1.165, 1.54) is 6.07 Å². The first kappa shape index (κ1) is 23.5. The summed E-state index contributed by atoms with van der Waals surface area (Å²) in [6.07, 6.45) is -13.5. The molecule has 1 nitrogen and oxygen atoms in total. The third kappa shape index (κ3) is 3.86. The van der Waals surface area contributed by atoms with Gasteiger partial charge in [0.1, 0.15) is 0 Å². The molecule has 29 heavy (non-hydrogen) atoms. The highest BCUT2D eigenvalue weighted by atomic mass is 79.9. The van der Waals surface area contributed by atoms with Crippen LogP contribution < -0.4 is 0 Å². The first-order valence-corrected chi connectivity index (χ1v) is 8.86. The number of alkyl halides is 9. The van der Waals surface area contributed by atoms with Crippen molar-refractivity contribution in [1.82, 2.24) is 0 Å². The second-order valence-electron chi connectivity index (χ2n) is 5.73. The normalized spacial score (nSPS) is 15.0. The summed E-state index contributed by atoms with van der Waals surface area (Å²) in [6, 6.07) is 7.23. The fourth-order valence-corrected chi connectivity index (χ4v) is 4.03. The van der Waals surface area contributed by atoms with Gasteiger partial charge in [-0.05, 0) is 29.8 Å². The van der Waals surface area contributed by atoms with Gasteiger partial charge in [0.15, 0.2) is 0 Å². The van der Waals surface area contributed by atoms with Crippen LogP contribution in [0.15, 0.2) is 45.3 Å². The molecule has 2 rings (SSSR count). The van der Waals surface area contributed by atoms with Crippen molar-refractivity contribution in [3.05, 3.63) is 56.5 Å². The van der Waals surface area contributed by atoms with E-state index in [1.54, 1.807) is 6.07 Å². The van der Waals surface area contributed by atoms with Gasteiger partial charge in [0.05, 0.1) is 11.6 Å². The Hall–Kier alpha value is -1.74. The minimum atomic E-state index is -6.85. The number of hydrogen-bond donors (Lipinski definition) is 0. The molecule has 0 bridgehead atoms. The van der Waals surface area contributed by atoms with Gasteiger partial charge in [-0.15, -0.1) is 0 Å². The third-order valence-corrected chi connectivity index (χ3v) is 4.97. The van der Waals surface area contributed by atoms with Gasteiger partial charge < -0.3 is 0 Å². The quantitative estimate of drug-likeness (QED) is 0.357. The Kier molecular flexibility index (Phi) is 6.09. The molecule has 0 fully saturated rings. The van der Waals surface area contributed by atoms with E-state index in [0.717, 1.165) is 24.3 Å². The van der Waals surface area contributed by atoms with Gasteiger partial charge in [-0.2, -0.15) is 40.4 Å². The molecule has 0 aliphatic carbocycles. The van der Waals surface area contributed by atoms with E-state index in [4.69, 9.17) is 5.26 Å². The smallest absolute Gasteiger partial charge is 0.221 e. The monoisotopic (exact) mass is 553 g/mol. The average Bonchev–Trinajstić information content (AvgIpc) is 2.58. The Labute approximate surface area is 174 Å². The predicted molar refractivity (Wildman–Crippen MR) is 91.8 cm³/mol. The van der Waals surface area contributed by atoms with E-state index in [9.17, 15) is 35.1 Å². The van der Waals surface area contributed by atoms with Crippen molar-refractivity contribution in [1.29, 1.82) is 5.26 Å². The minimum Gasteiger partial charge on any atom is -0.221 e. The molecule has 2 aromatic rings. The number of nitrogens with zero attached hydrogens (tertiary/aromatic N) is 1. The highest BCUT2D eigenvalue weighted by Gasteiger charge is 2.82. The molecule has 0 N–H and O–H groups in total. The molecule has 0 aliphatic heterocycles. The molecule has 0 heterocycles. The lowest BCUT2D eigenvalue weighted by molar-refractivity contribution is -0.389. The molecular weight excluding hydrogens is 549 g/mol. The summed E-state index contributed by atoms with van der Waals surface area (Å²) in [6.45, 7) is 0. The third-order valence-electron chi connectivity index (χ3n) is 3.89. The lowest BCUT2D eigenvalue weighted by atomic mass is 9.82. The molecule has 0 aliphatic rings. The van der Waals surface area contributed by atoms with Gasteiger partial charge >= 0.3 is 23.9 Å². The summed E-state index contributed by atoms with van der Waals surface area (Å²) >= 11 is 5.47. The Morgan fingerprint density at radius 1 is 0.793 bits per heavy atom. The zero-order valence-corrected chi connectivity index (χ0v) is 16.7. The Morgan fingerprint density at radius 2 is 1.38 bits per heavy atom. The number of hydrogen-bond acceptors (Lipinski definition) is 1. The largest absolute Gasteiger partial charge is 0.457 e. The van der Waals surface area contributed by atoms with Crippen molar-refractivity contribution in [3.63, 3.8) is 0 Å². The van der Waals surface area contributed by atoms with Crippen molar-refractivity contribution in [2.75, 3.05) is 0 Å². The summed E-state index contributed by atoms with van der Waals surface area (Å²) in [5, 5.41) is 8.92. The summed E-state index contributed by atoms with van der Waals surface area (Å²) < 4.78 is 121. The van der Waals surface area contributed by atoms with Gasteiger partial charge in [-0.1, -0.05) is 44.0 Å². The summed E-state index contributed by atoms with van der Waals surface area (Å²) in [5.74, 6) is -6.82. The topological polar surface area (TPSA) is 23.8 Å². The van der Waals surface area contributed by atoms with Gasteiger partial charge in [-0.25, -0.2) is 4.39 Å². The number of rotatable bonds is 3. The predicted octanol–water partition coefficient (Wildman–Crippen LogP) is 7.67. The van der Waals surface area contributed by atoms with Gasteiger partial charge in [-0.3, -0.25) is 0 Å². The molecule has 0 aromatic heterocycles. The van der Waals surface area contributed by atoms with Crippen LogP contribution in [0.25, 0.3) is 11.1 Å². The first-order chi connectivity index (χ1) is 13.1. The minimum absolute atomic E-state index is 0.137. The highest BCUT2D eigenvalue weighted by molar-refractivity contribution is 9.11. The lowest BCUT2D eigenvalue weighted by Crippen LogP contribution is -2.60. The first-order valence-electron chi connectivity index (χ1n) is 7.28. The standard InChI is InChI=1S/C17H6Br2F9N/c18-10-5-11(14(20,16(23,24)25)15(21,22)17(26,27)28)13(12(19)6-10)9-3-1-2-8(4-9)7-29/h1-6H. The van der Waals surface area contributed by atoms with Gasteiger partial charge in [0, 0.05) is 20.1 Å². The van der Waals surface area contributed by atoms with Crippen molar-refractivity contribution >= 4 is 31.9 Å². The van der Waals surface area contributed by atoms with Crippen LogP contribution >= 0.6 is 31.9 Å². The van der Waals surface area contributed by atoms with E-state index < -0.39 is 39.5 Å². The van der Waals surface area contributed by atoms with E-state index in [1.807, 2.05) is 0 Å². The van der Waals surface area contributed by atoms with Crippen LogP contribution in [0.2, 0.25) is 0 Å². The van der Waals surface area contributed by atoms with Crippen molar-refractivity contribution in [2.45, 2.75) is 23.9 Å². The Balaban J connectivity index is 3.02. The maximum absolute atomic E-state index is 15.1. The van der Waals surface area contributed by atoms with Crippen LogP contribution in [0.3, 0.4) is 0 Å². The van der Waals surface area contributed by atoms with Crippen LogP contribution in [0.5, 0.6) is 0 Å².